The molecule has 1 atom stereocenters. The number of anilines is 2. The predicted octanol–water partition coefficient (Wildman–Crippen LogP) is 3.85. The van der Waals surface area contributed by atoms with E-state index in [0.717, 1.165) is 28.1 Å². The third-order valence-electron chi connectivity index (χ3n) is 4.98. The molecule has 2 aromatic rings. The molecule has 2 N–H and O–H groups in total. The van der Waals surface area contributed by atoms with Crippen LogP contribution in [0.25, 0.3) is 0 Å². The van der Waals surface area contributed by atoms with E-state index in [0.29, 0.717) is 13.0 Å². The Balaban J connectivity index is 1.65. The number of nitrogens with zero attached hydrogens (tertiary/aromatic N) is 1. The molecule has 1 aliphatic heterocycles. The van der Waals surface area contributed by atoms with Crippen molar-refractivity contribution < 1.29 is 9.59 Å². The molecule has 136 valence electrons. The average molecular weight is 351 g/mol. The third kappa shape index (κ3) is 3.72. The lowest BCUT2D eigenvalue weighted by Crippen LogP contribution is -2.40. The van der Waals surface area contributed by atoms with Gasteiger partial charge in [0.15, 0.2) is 0 Å². The quantitative estimate of drug-likeness (QED) is 0.882. The van der Waals surface area contributed by atoms with Gasteiger partial charge in [0.25, 0.3) is 0 Å². The van der Waals surface area contributed by atoms with Crippen molar-refractivity contribution in [3.63, 3.8) is 0 Å². The van der Waals surface area contributed by atoms with Crippen LogP contribution in [0.4, 0.5) is 16.2 Å². The first-order chi connectivity index (χ1) is 12.3. The molecule has 2 aromatic carbocycles. The van der Waals surface area contributed by atoms with Crippen molar-refractivity contribution in [1.82, 2.24) is 5.32 Å². The maximum atomic E-state index is 12.4. The number of carbonyl (C=O) groups excluding carboxylic acids is 2. The molecule has 1 fully saturated rings. The van der Waals surface area contributed by atoms with E-state index in [1.54, 1.807) is 4.90 Å². The van der Waals surface area contributed by atoms with Gasteiger partial charge in [-0.2, -0.15) is 0 Å². The van der Waals surface area contributed by atoms with E-state index < -0.39 is 0 Å². The molecular weight excluding hydrogens is 326 g/mol. The molecule has 1 aliphatic rings. The van der Waals surface area contributed by atoms with Crippen molar-refractivity contribution in [3.05, 3.63) is 58.7 Å². The number of carbonyl (C=O) groups is 2. The normalized spacial score (nSPS) is 16.7. The summed E-state index contributed by atoms with van der Waals surface area (Å²) in [6.45, 7) is 8.49. The Hall–Kier alpha value is -2.82. The Morgan fingerprint density at radius 1 is 1.00 bits per heavy atom. The van der Waals surface area contributed by atoms with Crippen molar-refractivity contribution in [3.8, 4) is 0 Å². The number of hydrogen-bond donors (Lipinski definition) is 2. The van der Waals surface area contributed by atoms with Crippen LogP contribution in [0.5, 0.6) is 0 Å². The second-order valence-electron chi connectivity index (χ2n) is 7.04. The average Bonchev–Trinajstić information content (AvgIpc) is 2.94. The number of amides is 3. The Morgan fingerprint density at radius 2 is 1.69 bits per heavy atom. The fraction of sp³-hybridized carbons (Fsp3) is 0.333. The van der Waals surface area contributed by atoms with Gasteiger partial charge in [0.2, 0.25) is 5.91 Å². The molecule has 1 unspecified atom stereocenters. The van der Waals surface area contributed by atoms with Crippen molar-refractivity contribution in [2.45, 2.75) is 40.2 Å². The van der Waals surface area contributed by atoms with Crippen molar-refractivity contribution in [2.75, 3.05) is 16.8 Å². The minimum absolute atomic E-state index is 0.0330. The zero-order chi connectivity index (χ0) is 18.8. The summed E-state index contributed by atoms with van der Waals surface area (Å²) in [5.41, 5.74) is 6.08. The highest BCUT2D eigenvalue weighted by molar-refractivity contribution is 5.98. The number of hydrogen-bond acceptors (Lipinski definition) is 2. The van der Waals surface area contributed by atoms with Gasteiger partial charge in [0, 0.05) is 24.3 Å². The highest BCUT2D eigenvalue weighted by Crippen LogP contribution is 2.24. The molecular formula is C21H25N3O2. The minimum atomic E-state index is -0.276. The summed E-state index contributed by atoms with van der Waals surface area (Å²) in [5, 5.41) is 5.84. The molecule has 1 saturated heterocycles. The molecule has 0 aromatic heterocycles. The van der Waals surface area contributed by atoms with Crippen LogP contribution < -0.4 is 15.5 Å². The van der Waals surface area contributed by atoms with E-state index in [1.807, 2.05) is 64.1 Å². The van der Waals surface area contributed by atoms with E-state index in [2.05, 4.69) is 10.6 Å². The summed E-state index contributed by atoms with van der Waals surface area (Å²) in [5.74, 6) is 0.0330. The van der Waals surface area contributed by atoms with Crippen LogP contribution in [0.3, 0.4) is 0 Å². The van der Waals surface area contributed by atoms with Crippen LogP contribution in [0.1, 0.15) is 28.7 Å². The van der Waals surface area contributed by atoms with Gasteiger partial charge in [-0.25, -0.2) is 4.79 Å². The van der Waals surface area contributed by atoms with Crippen LogP contribution in [-0.2, 0) is 4.79 Å². The minimum Gasteiger partial charge on any atom is -0.333 e. The van der Waals surface area contributed by atoms with E-state index >= 15 is 0 Å². The number of para-hydroxylation sites is 1. The Bertz CT molecular complexity index is 840. The highest BCUT2D eigenvalue weighted by Gasteiger charge is 2.31. The molecule has 5 nitrogen and oxygen atoms in total. The lowest BCUT2D eigenvalue weighted by atomic mass is 10.1. The van der Waals surface area contributed by atoms with Crippen LogP contribution >= 0.6 is 0 Å². The Labute approximate surface area is 154 Å². The SMILES string of the molecule is Cc1ccc(N2CC(NC(=O)Nc3c(C)cccc3C)CC2=O)cc1C. The maximum absolute atomic E-state index is 12.4. The second kappa shape index (κ2) is 7.20. The Morgan fingerprint density at radius 3 is 2.35 bits per heavy atom. The summed E-state index contributed by atoms with van der Waals surface area (Å²) in [4.78, 5) is 26.5. The number of rotatable bonds is 3. The van der Waals surface area contributed by atoms with Crippen LogP contribution in [0.2, 0.25) is 0 Å². The molecule has 0 aliphatic carbocycles. The van der Waals surface area contributed by atoms with Crippen molar-refractivity contribution >= 4 is 23.3 Å². The number of nitrogens with one attached hydrogen (secondary N) is 2. The molecule has 0 bridgehead atoms. The first-order valence-corrected chi connectivity index (χ1v) is 8.86. The molecule has 3 amide bonds. The van der Waals surface area contributed by atoms with Gasteiger partial charge in [-0.05, 0) is 62.1 Å². The van der Waals surface area contributed by atoms with E-state index in [-0.39, 0.29) is 18.0 Å². The lowest BCUT2D eigenvalue weighted by molar-refractivity contribution is -0.117. The number of benzene rings is 2. The van der Waals surface area contributed by atoms with Gasteiger partial charge < -0.3 is 15.5 Å². The van der Waals surface area contributed by atoms with Gasteiger partial charge >= 0.3 is 6.03 Å². The van der Waals surface area contributed by atoms with E-state index in [1.165, 1.54) is 5.56 Å². The fourth-order valence-electron chi connectivity index (χ4n) is 3.29. The smallest absolute Gasteiger partial charge is 0.319 e. The second-order valence-corrected chi connectivity index (χ2v) is 7.04. The van der Waals surface area contributed by atoms with Crippen LogP contribution in [0, 0.1) is 27.7 Å². The van der Waals surface area contributed by atoms with E-state index in [9.17, 15) is 9.59 Å². The number of aryl methyl sites for hydroxylation is 4. The molecule has 26 heavy (non-hydrogen) atoms. The monoisotopic (exact) mass is 351 g/mol. The summed E-state index contributed by atoms with van der Waals surface area (Å²) >= 11 is 0. The van der Waals surface area contributed by atoms with Crippen molar-refractivity contribution in [2.24, 2.45) is 0 Å². The fourth-order valence-corrected chi connectivity index (χ4v) is 3.29. The number of urea groups is 1. The topological polar surface area (TPSA) is 61.4 Å². The van der Waals surface area contributed by atoms with Gasteiger partial charge in [-0.1, -0.05) is 24.3 Å². The zero-order valence-corrected chi connectivity index (χ0v) is 15.7. The van der Waals surface area contributed by atoms with Crippen LogP contribution in [0.15, 0.2) is 36.4 Å². The van der Waals surface area contributed by atoms with Crippen LogP contribution in [-0.4, -0.2) is 24.5 Å². The summed E-state index contributed by atoms with van der Waals surface area (Å²) in [6, 6.07) is 11.4. The molecule has 0 radical (unpaired) electrons. The molecule has 1 heterocycles. The van der Waals surface area contributed by atoms with Crippen molar-refractivity contribution in [1.29, 1.82) is 0 Å². The molecule has 3 rings (SSSR count). The molecule has 0 spiro atoms. The summed E-state index contributed by atoms with van der Waals surface area (Å²) in [6.07, 6.45) is 0.313. The zero-order valence-electron chi connectivity index (χ0n) is 15.7. The van der Waals surface area contributed by atoms with E-state index in [4.69, 9.17) is 0 Å². The third-order valence-corrected chi connectivity index (χ3v) is 4.98. The first kappa shape index (κ1) is 18.0. The Kier molecular flexibility index (Phi) is 4.98. The van der Waals surface area contributed by atoms with Gasteiger partial charge in [0.1, 0.15) is 0 Å². The largest absolute Gasteiger partial charge is 0.333 e. The maximum Gasteiger partial charge on any atom is 0.319 e. The predicted molar refractivity (Wildman–Crippen MR) is 105 cm³/mol. The van der Waals surface area contributed by atoms with Gasteiger partial charge in [0.05, 0.1) is 6.04 Å². The van der Waals surface area contributed by atoms with Gasteiger partial charge in [-0.3, -0.25) is 4.79 Å². The van der Waals surface area contributed by atoms with Gasteiger partial charge in [-0.15, -0.1) is 0 Å². The standard InChI is InChI=1S/C21H25N3O2/c1-13-8-9-18(10-16(13)4)24-12-17(11-19(24)25)22-21(26)23-20-14(2)6-5-7-15(20)3/h5-10,17H,11-12H2,1-4H3,(H2,22,23,26). The first-order valence-electron chi connectivity index (χ1n) is 8.86. The highest BCUT2D eigenvalue weighted by atomic mass is 16.2. The molecule has 5 heteroatoms. The lowest BCUT2D eigenvalue weighted by Gasteiger charge is -2.19. The summed E-state index contributed by atoms with van der Waals surface area (Å²) < 4.78 is 0. The molecule has 0 saturated carbocycles. The summed E-state index contributed by atoms with van der Waals surface area (Å²) in [7, 11) is 0.